The van der Waals surface area contributed by atoms with Gasteiger partial charge in [0.2, 0.25) is 0 Å². The second kappa shape index (κ2) is 5.27. The van der Waals surface area contributed by atoms with Crippen LogP contribution < -0.4 is 0 Å². The zero-order chi connectivity index (χ0) is 13.3. The molecule has 0 amide bonds. The van der Waals surface area contributed by atoms with Gasteiger partial charge in [-0.15, -0.1) is 0 Å². The number of ether oxygens (including phenoxy) is 1. The lowest BCUT2D eigenvalue weighted by Crippen LogP contribution is -2.16. The van der Waals surface area contributed by atoms with Crippen LogP contribution >= 0.6 is 0 Å². The van der Waals surface area contributed by atoms with E-state index in [0.717, 1.165) is 25.7 Å². The minimum atomic E-state index is -0.256. The molecule has 2 rings (SSSR count). The van der Waals surface area contributed by atoms with Crippen LogP contribution in [0.1, 0.15) is 39.5 Å². The van der Waals surface area contributed by atoms with Gasteiger partial charge in [0, 0.05) is 17.9 Å². The molecule has 0 saturated carbocycles. The van der Waals surface area contributed by atoms with E-state index in [-0.39, 0.29) is 24.1 Å². The Balaban J connectivity index is 2.05. The van der Waals surface area contributed by atoms with E-state index in [0.29, 0.717) is 11.5 Å². The van der Waals surface area contributed by atoms with Gasteiger partial charge in [0.1, 0.15) is 6.10 Å². The van der Waals surface area contributed by atoms with Crippen LogP contribution in [0.2, 0.25) is 0 Å². The predicted molar refractivity (Wildman–Crippen MR) is 69.9 cm³/mol. The van der Waals surface area contributed by atoms with E-state index in [1.54, 1.807) is 0 Å². The summed E-state index contributed by atoms with van der Waals surface area (Å²) in [4.78, 5) is 11.5. The number of fused-ring (bicyclic) bond motifs is 1. The molecule has 18 heavy (non-hydrogen) atoms. The normalized spacial score (nSPS) is 33.5. The molecule has 0 bridgehead atoms. The van der Waals surface area contributed by atoms with Crippen molar-refractivity contribution in [2.75, 3.05) is 0 Å². The van der Waals surface area contributed by atoms with E-state index >= 15 is 0 Å². The molecule has 0 aromatic heterocycles. The van der Waals surface area contributed by atoms with Crippen molar-refractivity contribution in [2.45, 2.75) is 51.7 Å². The Kier molecular flexibility index (Phi) is 3.91. The molecule has 1 aliphatic carbocycles. The number of rotatable bonds is 3. The van der Waals surface area contributed by atoms with E-state index in [9.17, 15) is 9.90 Å². The molecule has 4 atom stereocenters. The van der Waals surface area contributed by atoms with E-state index in [1.807, 2.05) is 6.92 Å². The quantitative estimate of drug-likeness (QED) is 0.476. The van der Waals surface area contributed by atoms with Gasteiger partial charge < -0.3 is 9.84 Å². The van der Waals surface area contributed by atoms with Crippen LogP contribution in [0.5, 0.6) is 0 Å². The summed E-state index contributed by atoms with van der Waals surface area (Å²) in [5, 5.41) is 9.37. The third-order valence-electron chi connectivity index (χ3n) is 4.12. The summed E-state index contributed by atoms with van der Waals surface area (Å²) in [6.45, 7) is 7.86. The van der Waals surface area contributed by atoms with Crippen molar-refractivity contribution in [1.29, 1.82) is 0 Å². The molecule has 3 nitrogen and oxygen atoms in total. The summed E-state index contributed by atoms with van der Waals surface area (Å²) < 4.78 is 5.35. The average Bonchev–Trinajstić information content (AvgIpc) is 2.48. The lowest BCUT2D eigenvalue weighted by molar-refractivity contribution is -0.139. The molecule has 3 heteroatoms. The summed E-state index contributed by atoms with van der Waals surface area (Å²) in [5.41, 5.74) is 2.02. The van der Waals surface area contributed by atoms with Crippen LogP contribution in [0.3, 0.4) is 0 Å². The Morgan fingerprint density at radius 1 is 1.61 bits per heavy atom. The van der Waals surface area contributed by atoms with Crippen LogP contribution in [0.4, 0.5) is 0 Å². The van der Waals surface area contributed by atoms with Crippen molar-refractivity contribution in [2.24, 2.45) is 11.8 Å². The Morgan fingerprint density at radius 2 is 2.33 bits per heavy atom. The number of aliphatic hydroxyl groups is 1. The minimum Gasteiger partial charge on any atom is -0.458 e. The lowest BCUT2D eigenvalue weighted by Gasteiger charge is -2.18. The number of hydrogen-bond acceptors (Lipinski definition) is 3. The Morgan fingerprint density at radius 3 is 3.00 bits per heavy atom. The van der Waals surface area contributed by atoms with Crippen LogP contribution in [0, 0.1) is 11.8 Å². The summed E-state index contributed by atoms with van der Waals surface area (Å²) in [6.07, 6.45) is 5.37. The van der Waals surface area contributed by atoms with Gasteiger partial charge in [-0.25, -0.2) is 4.79 Å². The topological polar surface area (TPSA) is 46.5 Å². The summed E-state index contributed by atoms with van der Waals surface area (Å²) in [5.74, 6) is 0.385. The highest BCUT2D eigenvalue weighted by molar-refractivity contribution is 5.90. The van der Waals surface area contributed by atoms with Gasteiger partial charge in [-0.1, -0.05) is 25.2 Å². The second-order valence-electron chi connectivity index (χ2n) is 5.61. The SMILES string of the molecule is C=C1C(=O)O[C@@H]2CC=C(CC[C@H](C)O)[C@@H](C)C[C@@H]12. The van der Waals surface area contributed by atoms with Gasteiger partial charge >= 0.3 is 5.97 Å². The molecule has 2 aliphatic rings. The van der Waals surface area contributed by atoms with Crippen LogP contribution in [-0.2, 0) is 9.53 Å². The number of esters is 1. The highest BCUT2D eigenvalue weighted by Gasteiger charge is 2.40. The Bertz CT molecular complexity index is 381. The molecule has 1 heterocycles. The molecule has 1 N–H and O–H groups in total. The second-order valence-corrected chi connectivity index (χ2v) is 5.61. The molecule has 1 saturated heterocycles. The third kappa shape index (κ3) is 2.66. The molecule has 0 spiro atoms. The maximum Gasteiger partial charge on any atom is 0.334 e. The average molecular weight is 250 g/mol. The zero-order valence-electron chi connectivity index (χ0n) is 11.2. The van der Waals surface area contributed by atoms with Crippen molar-refractivity contribution in [3.8, 4) is 0 Å². The fourth-order valence-corrected chi connectivity index (χ4v) is 2.90. The molecule has 0 unspecified atom stereocenters. The van der Waals surface area contributed by atoms with Crippen LogP contribution in [0.25, 0.3) is 0 Å². The fraction of sp³-hybridized carbons (Fsp3) is 0.667. The number of carbonyl (C=O) groups is 1. The zero-order valence-corrected chi connectivity index (χ0v) is 11.2. The molecular formula is C15H22O3. The first-order valence-corrected chi connectivity index (χ1v) is 6.75. The Hall–Kier alpha value is -1.09. The van der Waals surface area contributed by atoms with E-state index in [1.165, 1.54) is 5.57 Å². The summed E-state index contributed by atoms with van der Waals surface area (Å²) in [6, 6.07) is 0. The van der Waals surface area contributed by atoms with E-state index < -0.39 is 0 Å². The Labute approximate surface area is 109 Å². The molecule has 0 aromatic carbocycles. The predicted octanol–water partition coefficient (Wildman–Crippen LogP) is 2.60. The number of allylic oxidation sites excluding steroid dienone is 1. The highest BCUT2D eigenvalue weighted by atomic mass is 16.6. The minimum absolute atomic E-state index is 0.0171. The van der Waals surface area contributed by atoms with Crippen molar-refractivity contribution in [1.82, 2.24) is 0 Å². The van der Waals surface area contributed by atoms with Crippen LogP contribution in [0.15, 0.2) is 23.8 Å². The van der Waals surface area contributed by atoms with Crippen molar-refractivity contribution >= 4 is 5.97 Å². The third-order valence-corrected chi connectivity index (χ3v) is 4.12. The van der Waals surface area contributed by atoms with E-state index in [2.05, 4.69) is 19.6 Å². The molecule has 0 radical (unpaired) electrons. The molecule has 1 aliphatic heterocycles. The van der Waals surface area contributed by atoms with Crippen LogP contribution in [-0.4, -0.2) is 23.3 Å². The molecule has 0 aromatic rings. The van der Waals surface area contributed by atoms with Gasteiger partial charge in [0.25, 0.3) is 0 Å². The van der Waals surface area contributed by atoms with Gasteiger partial charge in [-0.05, 0) is 32.1 Å². The monoisotopic (exact) mass is 250 g/mol. The summed E-state index contributed by atoms with van der Waals surface area (Å²) in [7, 11) is 0. The molecular weight excluding hydrogens is 228 g/mol. The maximum atomic E-state index is 11.5. The summed E-state index contributed by atoms with van der Waals surface area (Å²) >= 11 is 0. The molecule has 1 fully saturated rings. The first-order chi connectivity index (χ1) is 8.49. The van der Waals surface area contributed by atoms with Gasteiger partial charge in [-0.2, -0.15) is 0 Å². The van der Waals surface area contributed by atoms with Gasteiger partial charge in [-0.3, -0.25) is 0 Å². The largest absolute Gasteiger partial charge is 0.458 e. The standard InChI is InChI=1S/C15H22O3/c1-9-8-13-11(3)15(17)18-14(13)7-6-12(9)5-4-10(2)16/h6,9-10,13-14,16H,3-5,7-8H2,1-2H3/t9-,10-,13-,14+/m0/s1. The number of aliphatic hydroxyl groups excluding tert-OH is 1. The number of hydrogen-bond donors (Lipinski definition) is 1. The van der Waals surface area contributed by atoms with E-state index in [4.69, 9.17) is 4.74 Å². The first kappa shape index (κ1) is 13.3. The van der Waals surface area contributed by atoms with Crippen molar-refractivity contribution in [3.63, 3.8) is 0 Å². The van der Waals surface area contributed by atoms with Crippen molar-refractivity contribution in [3.05, 3.63) is 23.8 Å². The van der Waals surface area contributed by atoms with Crippen molar-refractivity contribution < 1.29 is 14.6 Å². The van der Waals surface area contributed by atoms with Gasteiger partial charge in [0.05, 0.1) is 6.10 Å². The molecule has 100 valence electrons. The highest BCUT2D eigenvalue weighted by Crippen LogP contribution is 2.39. The van der Waals surface area contributed by atoms with Gasteiger partial charge in [0.15, 0.2) is 0 Å². The smallest absolute Gasteiger partial charge is 0.334 e. The number of carbonyl (C=O) groups excluding carboxylic acids is 1. The first-order valence-electron chi connectivity index (χ1n) is 6.75. The fourth-order valence-electron chi connectivity index (χ4n) is 2.90. The lowest BCUT2D eigenvalue weighted by atomic mass is 9.85. The maximum absolute atomic E-state index is 11.5.